The number of rotatable bonds is 5. The normalized spacial score (nSPS) is 21.4. The van der Waals surface area contributed by atoms with Crippen molar-refractivity contribution < 1.29 is 19.5 Å². The summed E-state index contributed by atoms with van der Waals surface area (Å²) in [5, 5.41) is 11.3. The van der Waals surface area contributed by atoms with Crippen molar-refractivity contribution in [3.63, 3.8) is 0 Å². The maximum atomic E-state index is 11.8. The molecule has 6 heteroatoms. The van der Waals surface area contributed by atoms with Crippen molar-refractivity contribution >= 4 is 17.8 Å². The summed E-state index contributed by atoms with van der Waals surface area (Å²) in [6, 6.07) is -0.360. The second-order valence-corrected chi connectivity index (χ2v) is 4.39. The van der Waals surface area contributed by atoms with E-state index in [1.807, 2.05) is 6.92 Å². The maximum absolute atomic E-state index is 11.8. The van der Waals surface area contributed by atoms with Crippen molar-refractivity contribution in [2.75, 3.05) is 13.6 Å². The van der Waals surface area contributed by atoms with Crippen LogP contribution < -0.4 is 5.32 Å². The number of hydrogen-bond donors (Lipinski definition) is 2. The number of carboxylic acid groups (broad SMARTS) is 1. The van der Waals surface area contributed by atoms with E-state index in [4.69, 9.17) is 5.11 Å². The second kappa shape index (κ2) is 5.65. The third-order valence-electron chi connectivity index (χ3n) is 2.97. The molecule has 0 aromatic carbocycles. The molecule has 0 aromatic rings. The van der Waals surface area contributed by atoms with E-state index < -0.39 is 5.97 Å². The lowest BCUT2D eigenvalue weighted by Crippen LogP contribution is -2.40. The predicted molar refractivity (Wildman–Crippen MR) is 60.2 cm³/mol. The van der Waals surface area contributed by atoms with Gasteiger partial charge in [0.1, 0.15) is 0 Å². The third-order valence-corrected chi connectivity index (χ3v) is 2.97. The summed E-state index contributed by atoms with van der Waals surface area (Å²) >= 11 is 0. The first-order valence-electron chi connectivity index (χ1n) is 5.70. The van der Waals surface area contributed by atoms with Crippen LogP contribution in [0, 0.1) is 5.92 Å². The first-order chi connectivity index (χ1) is 7.93. The molecular weight excluding hydrogens is 224 g/mol. The van der Waals surface area contributed by atoms with Crippen LogP contribution in [0.25, 0.3) is 0 Å². The fourth-order valence-corrected chi connectivity index (χ4v) is 1.87. The van der Waals surface area contributed by atoms with Crippen LogP contribution in [0.2, 0.25) is 0 Å². The van der Waals surface area contributed by atoms with Crippen molar-refractivity contribution in [2.24, 2.45) is 5.92 Å². The van der Waals surface area contributed by atoms with Gasteiger partial charge >= 0.3 is 5.97 Å². The number of carbonyl (C=O) groups is 3. The second-order valence-electron chi connectivity index (χ2n) is 4.39. The molecule has 0 saturated carbocycles. The Morgan fingerprint density at radius 3 is 2.65 bits per heavy atom. The molecule has 1 rings (SSSR count). The van der Waals surface area contributed by atoms with Crippen LogP contribution in [0.3, 0.4) is 0 Å². The van der Waals surface area contributed by atoms with E-state index in [2.05, 4.69) is 5.32 Å². The zero-order chi connectivity index (χ0) is 13.0. The average Bonchev–Trinajstić information content (AvgIpc) is 2.57. The topological polar surface area (TPSA) is 86.7 Å². The molecule has 1 aliphatic heterocycles. The molecule has 0 spiro atoms. The number of nitrogens with one attached hydrogen (secondary N) is 1. The van der Waals surface area contributed by atoms with Crippen LogP contribution >= 0.6 is 0 Å². The van der Waals surface area contributed by atoms with E-state index in [0.717, 1.165) is 0 Å². The molecule has 0 aliphatic carbocycles. The number of carboxylic acids is 1. The number of hydrogen-bond acceptors (Lipinski definition) is 3. The summed E-state index contributed by atoms with van der Waals surface area (Å²) in [6.45, 7) is 2.23. The van der Waals surface area contributed by atoms with Crippen molar-refractivity contribution in [1.29, 1.82) is 0 Å². The predicted octanol–water partition coefficient (Wildman–Crippen LogP) is -0.166. The minimum atomic E-state index is -0.934. The Labute approximate surface area is 100.0 Å². The monoisotopic (exact) mass is 242 g/mol. The molecule has 2 unspecified atom stereocenters. The van der Waals surface area contributed by atoms with E-state index in [1.54, 1.807) is 7.05 Å². The highest BCUT2D eigenvalue weighted by molar-refractivity contribution is 5.89. The number of carbonyl (C=O) groups excluding carboxylic acids is 2. The summed E-state index contributed by atoms with van der Waals surface area (Å²) in [5.41, 5.74) is 0. The lowest BCUT2D eigenvalue weighted by Gasteiger charge is -2.17. The zero-order valence-electron chi connectivity index (χ0n) is 10.1. The number of nitrogens with zero attached hydrogens (tertiary/aromatic N) is 1. The molecular formula is C11H18N2O4. The summed E-state index contributed by atoms with van der Waals surface area (Å²) in [7, 11) is 1.66. The molecule has 17 heavy (non-hydrogen) atoms. The molecule has 2 atom stereocenters. The highest BCUT2D eigenvalue weighted by atomic mass is 16.4. The van der Waals surface area contributed by atoms with Gasteiger partial charge in [-0.2, -0.15) is 0 Å². The number of likely N-dealkylation sites (tertiary alicyclic amines) is 1. The Balaban J connectivity index is 2.48. The quantitative estimate of drug-likeness (QED) is 0.701. The molecule has 2 amide bonds. The minimum absolute atomic E-state index is 0.0450. The molecule has 0 radical (unpaired) electrons. The van der Waals surface area contributed by atoms with Gasteiger partial charge in [-0.05, 0) is 6.42 Å². The summed E-state index contributed by atoms with van der Waals surface area (Å²) < 4.78 is 0. The molecule has 1 fully saturated rings. The smallest absolute Gasteiger partial charge is 0.305 e. The van der Waals surface area contributed by atoms with Gasteiger partial charge < -0.3 is 15.3 Å². The molecule has 0 aromatic heterocycles. The largest absolute Gasteiger partial charge is 0.481 e. The molecule has 1 heterocycles. The minimum Gasteiger partial charge on any atom is -0.481 e. The van der Waals surface area contributed by atoms with Gasteiger partial charge in [0.15, 0.2) is 0 Å². The highest BCUT2D eigenvalue weighted by Crippen LogP contribution is 2.16. The van der Waals surface area contributed by atoms with Crippen LogP contribution in [0.15, 0.2) is 0 Å². The van der Waals surface area contributed by atoms with E-state index in [-0.39, 0.29) is 36.6 Å². The molecule has 0 bridgehead atoms. The van der Waals surface area contributed by atoms with Crippen LogP contribution in [0.5, 0.6) is 0 Å². The van der Waals surface area contributed by atoms with E-state index in [0.29, 0.717) is 13.0 Å². The van der Waals surface area contributed by atoms with Gasteiger partial charge in [-0.25, -0.2) is 0 Å². The van der Waals surface area contributed by atoms with Crippen LogP contribution in [0.1, 0.15) is 26.2 Å². The Morgan fingerprint density at radius 2 is 2.24 bits per heavy atom. The van der Waals surface area contributed by atoms with Gasteiger partial charge in [-0.1, -0.05) is 6.92 Å². The Hall–Kier alpha value is -1.59. The third kappa shape index (κ3) is 3.72. The maximum Gasteiger partial charge on any atom is 0.305 e. The van der Waals surface area contributed by atoms with Crippen molar-refractivity contribution in [2.45, 2.75) is 32.2 Å². The summed E-state index contributed by atoms with van der Waals surface area (Å²) in [5.74, 6) is -1.56. The molecule has 1 aliphatic rings. The highest BCUT2D eigenvalue weighted by Gasteiger charge is 2.32. The van der Waals surface area contributed by atoms with Crippen LogP contribution in [-0.4, -0.2) is 47.4 Å². The fraction of sp³-hybridized carbons (Fsp3) is 0.727. The summed E-state index contributed by atoms with van der Waals surface area (Å²) in [6.07, 6.45) is 0.694. The number of amides is 2. The van der Waals surface area contributed by atoms with Gasteiger partial charge in [0, 0.05) is 26.1 Å². The molecule has 6 nitrogen and oxygen atoms in total. The first kappa shape index (κ1) is 13.5. The standard InChI is InChI=1S/C11H18N2O4/c1-3-8(5-10(15)16)12-11(17)7-4-9(14)13(2)6-7/h7-8H,3-6H2,1-2H3,(H,12,17)(H,15,16). The molecule has 1 saturated heterocycles. The van der Waals surface area contributed by atoms with Gasteiger partial charge in [-0.3, -0.25) is 14.4 Å². The SMILES string of the molecule is CCC(CC(=O)O)NC(=O)C1CC(=O)N(C)C1. The van der Waals surface area contributed by atoms with Crippen molar-refractivity contribution in [1.82, 2.24) is 10.2 Å². The van der Waals surface area contributed by atoms with E-state index >= 15 is 0 Å². The average molecular weight is 242 g/mol. The van der Waals surface area contributed by atoms with Crippen LogP contribution in [0.4, 0.5) is 0 Å². The summed E-state index contributed by atoms with van der Waals surface area (Å²) in [4.78, 5) is 35.2. The molecule has 96 valence electrons. The lowest BCUT2D eigenvalue weighted by atomic mass is 10.1. The van der Waals surface area contributed by atoms with Gasteiger partial charge in [-0.15, -0.1) is 0 Å². The Bertz CT molecular complexity index is 329. The zero-order valence-corrected chi connectivity index (χ0v) is 10.1. The lowest BCUT2D eigenvalue weighted by molar-refractivity contribution is -0.138. The van der Waals surface area contributed by atoms with Gasteiger partial charge in [0.2, 0.25) is 11.8 Å². The molecule has 2 N–H and O–H groups in total. The van der Waals surface area contributed by atoms with Crippen molar-refractivity contribution in [3.8, 4) is 0 Å². The Kier molecular flexibility index (Phi) is 4.48. The van der Waals surface area contributed by atoms with E-state index in [1.165, 1.54) is 4.90 Å². The van der Waals surface area contributed by atoms with Crippen molar-refractivity contribution in [3.05, 3.63) is 0 Å². The van der Waals surface area contributed by atoms with Gasteiger partial charge in [0.05, 0.1) is 12.3 Å². The van der Waals surface area contributed by atoms with E-state index in [9.17, 15) is 14.4 Å². The van der Waals surface area contributed by atoms with Crippen LogP contribution in [-0.2, 0) is 14.4 Å². The fourth-order valence-electron chi connectivity index (χ4n) is 1.87. The van der Waals surface area contributed by atoms with Gasteiger partial charge in [0.25, 0.3) is 0 Å². The Morgan fingerprint density at radius 1 is 1.59 bits per heavy atom. The number of aliphatic carboxylic acids is 1. The first-order valence-corrected chi connectivity index (χ1v) is 5.70.